The fourth-order valence-electron chi connectivity index (χ4n) is 3.50. The van der Waals surface area contributed by atoms with Gasteiger partial charge in [-0.25, -0.2) is 12.8 Å². The highest BCUT2D eigenvalue weighted by Crippen LogP contribution is 2.21. The molecule has 1 aliphatic heterocycles. The van der Waals surface area contributed by atoms with E-state index < -0.39 is 9.84 Å². The highest BCUT2D eigenvalue weighted by atomic mass is 32.2. The Balaban J connectivity index is 1.58. The van der Waals surface area contributed by atoms with Crippen molar-refractivity contribution in [1.82, 2.24) is 15.5 Å². The van der Waals surface area contributed by atoms with Gasteiger partial charge in [0.25, 0.3) is 0 Å². The Hall–Kier alpha value is -2.49. The van der Waals surface area contributed by atoms with Crippen molar-refractivity contribution < 1.29 is 17.5 Å². The fourth-order valence-corrected chi connectivity index (χ4v) is 4.67. The molecule has 2 aromatic carbocycles. The molecule has 31 heavy (non-hydrogen) atoms. The number of ether oxygens (including phenoxy) is 1. The molecule has 0 spiro atoms. The highest BCUT2D eigenvalue weighted by molar-refractivity contribution is 7.91. The van der Waals surface area contributed by atoms with Crippen molar-refractivity contribution in [1.29, 1.82) is 0 Å². The summed E-state index contributed by atoms with van der Waals surface area (Å²) in [7, 11) is -1.72. The zero-order valence-electron chi connectivity index (χ0n) is 17.6. The van der Waals surface area contributed by atoms with Gasteiger partial charge >= 0.3 is 0 Å². The van der Waals surface area contributed by atoms with Crippen LogP contribution in [-0.4, -0.2) is 71.5 Å². The molecule has 1 unspecified atom stereocenters. The second-order valence-corrected chi connectivity index (χ2v) is 9.34. The zero-order chi connectivity index (χ0) is 22.1. The Morgan fingerprint density at radius 1 is 1.10 bits per heavy atom. The first kappa shape index (κ1) is 23.2. The molecule has 2 aromatic rings. The van der Waals surface area contributed by atoms with Crippen LogP contribution in [0, 0.1) is 5.82 Å². The van der Waals surface area contributed by atoms with E-state index in [1.807, 2.05) is 0 Å². The normalized spacial score (nSPS) is 16.6. The average molecular weight is 449 g/mol. The van der Waals surface area contributed by atoms with E-state index in [1.165, 1.54) is 12.1 Å². The summed E-state index contributed by atoms with van der Waals surface area (Å²) >= 11 is 0. The molecule has 0 aliphatic carbocycles. The average Bonchev–Trinajstić information content (AvgIpc) is 2.80. The molecule has 1 saturated heterocycles. The molecule has 2 N–H and O–H groups in total. The summed E-state index contributed by atoms with van der Waals surface area (Å²) in [5, 5.41) is 6.34. The van der Waals surface area contributed by atoms with E-state index in [9.17, 15) is 12.8 Å². The number of benzene rings is 2. The molecule has 3 rings (SSSR count). The maximum absolute atomic E-state index is 13.4. The minimum absolute atomic E-state index is 0.0103. The van der Waals surface area contributed by atoms with Crippen LogP contribution in [0.25, 0.3) is 0 Å². The largest absolute Gasteiger partial charge is 0.379 e. The summed E-state index contributed by atoms with van der Waals surface area (Å²) < 4.78 is 43.7. The van der Waals surface area contributed by atoms with E-state index in [4.69, 9.17) is 4.74 Å². The number of rotatable bonds is 8. The van der Waals surface area contributed by atoms with Crippen LogP contribution in [0.3, 0.4) is 0 Å². The number of nitrogens with zero attached hydrogens (tertiary/aromatic N) is 2. The van der Waals surface area contributed by atoms with Gasteiger partial charge in [0.15, 0.2) is 15.8 Å². The first-order valence-electron chi connectivity index (χ1n) is 10.3. The monoisotopic (exact) mass is 448 g/mol. The Morgan fingerprint density at radius 3 is 2.42 bits per heavy atom. The van der Waals surface area contributed by atoms with Crippen LogP contribution < -0.4 is 10.6 Å². The molecule has 7 nitrogen and oxygen atoms in total. The van der Waals surface area contributed by atoms with Gasteiger partial charge in [-0.05, 0) is 29.8 Å². The Bertz CT molecular complexity index is 946. The first-order valence-corrected chi connectivity index (χ1v) is 11.9. The van der Waals surface area contributed by atoms with Gasteiger partial charge in [-0.1, -0.05) is 30.3 Å². The van der Waals surface area contributed by atoms with E-state index in [0.717, 1.165) is 18.7 Å². The third kappa shape index (κ3) is 6.75. The van der Waals surface area contributed by atoms with Crippen LogP contribution in [-0.2, 0) is 14.6 Å². The van der Waals surface area contributed by atoms with Gasteiger partial charge in [-0.15, -0.1) is 0 Å². The van der Waals surface area contributed by atoms with Gasteiger partial charge in [-0.3, -0.25) is 9.89 Å². The summed E-state index contributed by atoms with van der Waals surface area (Å²) in [4.78, 5) is 6.80. The lowest BCUT2D eigenvalue weighted by Gasteiger charge is -2.35. The number of morpholine rings is 1. The van der Waals surface area contributed by atoms with Gasteiger partial charge in [0.05, 0.1) is 29.9 Å². The lowest BCUT2D eigenvalue weighted by atomic mass is 10.0. The Labute approximate surface area is 183 Å². The molecule has 0 amide bonds. The van der Waals surface area contributed by atoms with Crippen molar-refractivity contribution in [3.63, 3.8) is 0 Å². The van der Waals surface area contributed by atoms with Crippen LogP contribution in [0.1, 0.15) is 11.6 Å². The van der Waals surface area contributed by atoms with Gasteiger partial charge in [-0.2, -0.15) is 0 Å². The van der Waals surface area contributed by atoms with Crippen molar-refractivity contribution in [3.05, 3.63) is 66.0 Å². The van der Waals surface area contributed by atoms with E-state index >= 15 is 0 Å². The number of nitrogens with one attached hydrogen (secondary N) is 2. The van der Waals surface area contributed by atoms with Gasteiger partial charge in [0.1, 0.15) is 5.82 Å². The van der Waals surface area contributed by atoms with Crippen LogP contribution >= 0.6 is 0 Å². The molecule has 1 aliphatic rings. The second kappa shape index (κ2) is 11.2. The molecular formula is C22H29FN4O3S. The van der Waals surface area contributed by atoms with E-state index in [1.54, 1.807) is 49.5 Å². The van der Waals surface area contributed by atoms with Crippen LogP contribution in [0.4, 0.5) is 4.39 Å². The summed E-state index contributed by atoms with van der Waals surface area (Å²) in [6.45, 7) is 3.65. The smallest absolute Gasteiger partial charge is 0.191 e. The lowest BCUT2D eigenvalue weighted by Crippen LogP contribution is -2.46. The number of hydrogen-bond acceptors (Lipinski definition) is 5. The molecule has 0 radical (unpaired) electrons. The molecule has 0 aromatic heterocycles. The lowest BCUT2D eigenvalue weighted by molar-refractivity contribution is 0.0170. The topological polar surface area (TPSA) is 83.0 Å². The van der Waals surface area contributed by atoms with E-state index in [-0.39, 0.29) is 24.2 Å². The van der Waals surface area contributed by atoms with Crippen molar-refractivity contribution >= 4 is 15.8 Å². The molecule has 0 saturated carbocycles. The highest BCUT2D eigenvalue weighted by Gasteiger charge is 2.23. The summed E-state index contributed by atoms with van der Waals surface area (Å²) in [5.74, 6) is 0.209. The molecule has 168 valence electrons. The summed E-state index contributed by atoms with van der Waals surface area (Å²) in [6.07, 6.45) is 0. The maximum atomic E-state index is 13.4. The first-order chi connectivity index (χ1) is 15.0. The SMILES string of the molecule is CN=C(NCCS(=O)(=O)c1ccccc1)NCC(c1ccc(F)cc1)N1CCOCC1. The minimum atomic E-state index is -3.36. The van der Waals surface area contributed by atoms with Crippen molar-refractivity contribution in [2.45, 2.75) is 10.9 Å². The quantitative estimate of drug-likeness (QED) is 0.474. The molecule has 9 heteroatoms. The molecule has 1 heterocycles. The van der Waals surface area contributed by atoms with E-state index in [2.05, 4.69) is 20.5 Å². The standard InChI is InChI=1S/C22H29FN4O3S/c1-24-22(25-11-16-31(28,29)20-5-3-2-4-6-20)26-17-21(27-12-14-30-15-13-27)18-7-9-19(23)10-8-18/h2-10,21H,11-17H2,1H3,(H2,24,25,26). The Kier molecular flexibility index (Phi) is 8.39. The van der Waals surface area contributed by atoms with Gasteiger partial charge < -0.3 is 15.4 Å². The summed E-state index contributed by atoms with van der Waals surface area (Å²) in [5.41, 5.74) is 0.998. The molecule has 1 atom stereocenters. The van der Waals surface area contributed by atoms with Crippen LogP contribution in [0.15, 0.2) is 64.5 Å². The van der Waals surface area contributed by atoms with Crippen LogP contribution in [0.2, 0.25) is 0 Å². The van der Waals surface area contributed by atoms with Crippen LogP contribution in [0.5, 0.6) is 0 Å². The van der Waals surface area contributed by atoms with Crippen molar-refractivity contribution in [3.8, 4) is 0 Å². The molecular weight excluding hydrogens is 419 g/mol. The van der Waals surface area contributed by atoms with Gasteiger partial charge in [0, 0.05) is 33.2 Å². The third-order valence-electron chi connectivity index (χ3n) is 5.19. The van der Waals surface area contributed by atoms with Gasteiger partial charge in [0.2, 0.25) is 0 Å². The van der Waals surface area contributed by atoms with Crippen molar-refractivity contribution in [2.75, 3.05) is 52.2 Å². The maximum Gasteiger partial charge on any atom is 0.191 e. The summed E-state index contributed by atoms with van der Waals surface area (Å²) in [6, 6.07) is 14.9. The predicted molar refractivity (Wildman–Crippen MR) is 119 cm³/mol. The Morgan fingerprint density at radius 2 is 1.77 bits per heavy atom. The minimum Gasteiger partial charge on any atom is -0.379 e. The van der Waals surface area contributed by atoms with Crippen molar-refractivity contribution in [2.24, 2.45) is 4.99 Å². The fraction of sp³-hybridized carbons (Fsp3) is 0.409. The number of guanidine groups is 1. The number of halogens is 1. The third-order valence-corrected chi connectivity index (χ3v) is 6.93. The number of aliphatic imine (C=N–C) groups is 1. The van der Waals surface area contributed by atoms with E-state index in [0.29, 0.717) is 30.6 Å². The predicted octanol–water partition coefficient (Wildman–Crippen LogP) is 1.84. The number of sulfone groups is 1. The number of hydrogen-bond donors (Lipinski definition) is 2. The zero-order valence-corrected chi connectivity index (χ0v) is 18.4. The molecule has 0 bridgehead atoms. The second-order valence-electron chi connectivity index (χ2n) is 7.23. The molecule has 1 fully saturated rings.